The standard InChI is InChI=1S/C31H53N9O8/c1-28(2,3)45-24(41)33-19-40(27(44)48-31(10,11)12)34-16-14-21(20-18-35-39-17-13-15-32-22(20)39)36-23(37-25(42)46-29(4,5)6)38-26(43)47-30(7,8)9/h18-19,21,32,34H,13-17H2,1-12H3,(H2,36,37,38,42,43). The summed E-state index contributed by atoms with van der Waals surface area (Å²) in [6.45, 7) is 21.9. The van der Waals surface area contributed by atoms with Crippen LogP contribution in [0, 0.1) is 0 Å². The van der Waals surface area contributed by atoms with Gasteiger partial charge in [0.05, 0.1) is 12.2 Å². The molecule has 1 aliphatic heterocycles. The van der Waals surface area contributed by atoms with Crippen LogP contribution in [-0.4, -0.2) is 87.0 Å². The lowest BCUT2D eigenvalue weighted by atomic mass is 10.1. The van der Waals surface area contributed by atoms with Gasteiger partial charge in [-0.05, 0) is 95.9 Å². The first-order valence-electron chi connectivity index (χ1n) is 15.8. The molecule has 2 heterocycles. The van der Waals surface area contributed by atoms with Gasteiger partial charge in [-0.3, -0.25) is 10.6 Å². The van der Waals surface area contributed by atoms with Gasteiger partial charge in [-0.25, -0.2) is 34.3 Å². The minimum Gasteiger partial charge on any atom is -0.444 e. The molecule has 0 bridgehead atoms. The van der Waals surface area contributed by atoms with Crippen molar-refractivity contribution in [2.24, 2.45) is 9.98 Å². The zero-order valence-electron chi connectivity index (χ0n) is 30.3. The van der Waals surface area contributed by atoms with Crippen LogP contribution in [0.2, 0.25) is 0 Å². The minimum atomic E-state index is -0.899. The number of amides is 4. The third-order valence-corrected chi connectivity index (χ3v) is 5.55. The van der Waals surface area contributed by atoms with Crippen LogP contribution in [-0.2, 0) is 25.5 Å². The number of anilines is 1. The summed E-state index contributed by atoms with van der Waals surface area (Å²) in [6, 6.07) is -0.741. The molecule has 0 aromatic carbocycles. The lowest BCUT2D eigenvalue weighted by Gasteiger charge is -2.26. The molecule has 0 spiro atoms. The summed E-state index contributed by atoms with van der Waals surface area (Å²) in [5.74, 6) is 0.495. The van der Waals surface area contributed by atoms with E-state index in [2.05, 4.69) is 31.5 Å². The number of ether oxygens (including phenoxy) is 4. The number of nitrogens with one attached hydrogen (secondary N) is 4. The molecule has 1 atom stereocenters. The summed E-state index contributed by atoms with van der Waals surface area (Å²) < 4.78 is 23.3. The van der Waals surface area contributed by atoms with Crippen LogP contribution in [0.4, 0.5) is 25.0 Å². The molecule has 48 heavy (non-hydrogen) atoms. The van der Waals surface area contributed by atoms with Crippen LogP contribution < -0.4 is 21.4 Å². The fourth-order valence-electron chi connectivity index (χ4n) is 3.96. The van der Waals surface area contributed by atoms with Crippen LogP contribution in [0.1, 0.15) is 108 Å². The number of hydrazine groups is 1. The largest absolute Gasteiger partial charge is 0.444 e. The quantitative estimate of drug-likeness (QED) is 0.127. The first kappa shape index (κ1) is 39.8. The molecule has 1 aliphatic rings. The van der Waals surface area contributed by atoms with E-state index in [0.29, 0.717) is 18.7 Å². The van der Waals surface area contributed by atoms with E-state index >= 15 is 0 Å². The highest BCUT2D eigenvalue weighted by molar-refractivity contribution is 6.01. The molecule has 4 N–H and O–H groups in total. The summed E-state index contributed by atoms with van der Waals surface area (Å²) >= 11 is 0. The van der Waals surface area contributed by atoms with Gasteiger partial charge in [0.2, 0.25) is 5.96 Å². The topological polar surface area (TPSA) is 199 Å². The maximum absolute atomic E-state index is 13.0. The van der Waals surface area contributed by atoms with Gasteiger partial charge >= 0.3 is 24.4 Å². The van der Waals surface area contributed by atoms with Crippen LogP contribution >= 0.6 is 0 Å². The number of guanidine groups is 1. The number of nitrogens with zero attached hydrogens (tertiary/aromatic N) is 5. The Bertz CT molecular complexity index is 1310. The van der Waals surface area contributed by atoms with Gasteiger partial charge in [0.25, 0.3) is 0 Å². The van der Waals surface area contributed by atoms with Crippen molar-refractivity contribution in [3.63, 3.8) is 0 Å². The highest BCUT2D eigenvalue weighted by Crippen LogP contribution is 2.30. The molecule has 0 saturated heterocycles. The first-order chi connectivity index (χ1) is 21.9. The van der Waals surface area contributed by atoms with Crippen molar-refractivity contribution in [3.8, 4) is 0 Å². The Hall–Kier alpha value is -4.41. The third kappa shape index (κ3) is 15.5. The normalized spacial score (nSPS) is 14.2. The minimum absolute atomic E-state index is 0.0739. The van der Waals surface area contributed by atoms with Crippen molar-refractivity contribution in [2.75, 3.05) is 18.4 Å². The molecule has 0 aliphatic carbocycles. The Kier molecular flexibility index (Phi) is 13.4. The highest BCUT2D eigenvalue weighted by Gasteiger charge is 2.27. The molecule has 270 valence electrons. The molecule has 0 saturated carbocycles. The monoisotopic (exact) mass is 679 g/mol. The Morgan fingerprint density at radius 1 is 0.896 bits per heavy atom. The third-order valence-electron chi connectivity index (χ3n) is 5.55. The van der Waals surface area contributed by atoms with E-state index in [9.17, 15) is 19.2 Å². The predicted molar refractivity (Wildman–Crippen MR) is 180 cm³/mol. The number of aromatic nitrogens is 2. The number of hydrogen-bond donors (Lipinski definition) is 4. The summed E-state index contributed by atoms with van der Waals surface area (Å²) in [7, 11) is 0. The van der Waals surface area contributed by atoms with E-state index < -0.39 is 52.8 Å². The van der Waals surface area contributed by atoms with Crippen LogP contribution in [0.3, 0.4) is 0 Å². The Labute approximate surface area is 282 Å². The van der Waals surface area contributed by atoms with Crippen LogP contribution in [0.25, 0.3) is 0 Å². The number of alkyl carbamates (subject to hydrolysis) is 2. The number of carbonyl (C=O) groups is 4. The van der Waals surface area contributed by atoms with Gasteiger partial charge in [0.15, 0.2) is 0 Å². The van der Waals surface area contributed by atoms with Crippen molar-refractivity contribution >= 4 is 42.5 Å². The molecule has 0 radical (unpaired) electrons. The number of fused-ring (bicyclic) bond motifs is 1. The average Bonchev–Trinajstić information content (AvgIpc) is 3.29. The molecule has 1 unspecified atom stereocenters. The maximum Gasteiger partial charge on any atom is 0.435 e. The van der Waals surface area contributed by atoms with E-state index in [4.69, 9.17) is 23.9 Å². The molecular formula is C31H53N9O8. The SMILES string of the molecule is CC(C)(C)OC(=O)N=CN(NCCC(N=C(NC(=O)OC(C)(C)C)NC(=O)OC(C)(C)C)c1cnn2c1NCCC2)C(=O)OC(C)(C)C. The van der Waals surface area contributed by atoms with E-state index in [0.717, 1.165) is 23.6 Å². The molecule has 4 amide bonds. The van der Waals surface area contributed by atoms with Gasteiger partial charge in [0, 0.05) is 25.2 Å². The van der Waals surface area contributed by atoms with Gasteiger partial charge in [-0.2, -0.15) is 15.1 Å². The van der Waals surface area contributed by atoms with Crippen molar-refractivity contribution in [1.82, 2.24) is 30.8 Å². The number of hydrogen-bond acceptors (Lipinski definition) is 12. The molecular weight excluding hydrogens is 626 g/mol. The van der Waals surface area contributed by atoms with Gasteiger partial charge in [-0.1, -0.05) is 0 Å². The second-order valence-corrected chi connectivity index (χ2v) is 15.0. The Balaban J connectivity index is 2.45. The van der Waals surface area contributed by atoms with E-state index in [-0.39, 0.29) is 18.9 Å². The lowest BCUT2D eigenvalue weighted by molar-refractivity contribution is 0.0302. The average molecular weight is 680 g/mol. The van der Waals surface area contributed by atoms with E-state index in [1.165, 1.54) is 0 Å². The second kappa shape index (κ2) is 16.1. The Morgan fingerprint density at radius 2 is 1.44 bits per heavy atom. The highest BCUT2D eigenvalue weighted by atomic mass is 16.6. The van der Waals surface area contributed by atoms with Crippen molar-refractivity contribution < 1.29 is 38.1 Å². The second-order valence-electron chi connectivity index (χ2n) is 15.0. The maximum atomic E-state index is 13.0. The number of aryl methyl sites for hydroxylation is 1. The summed E-state index contributed by atoms with van der Waals surface area (Å²) in [5, 5.41) is 13.8. The number of rotatable bonds is 7. The molecule has 2 rings (SSSR count). The van der Waals surface area contributed by atoms with Crippen molar-refractivity contribution in [2.45, 2.75) is 131 Å². The molecule has 1 aromatic heterocycles. The van der Waals surface area contributed by atoms with Crippen LogP contribution in [0.5, 0.6) is 0 Å². The van der Waals surface area contributed by atoms with Gasteiger partial charge < -0.3 is 24.3 Å². The summed E-state index contributed by atoms with van der Waals surface area (Å²) in [4.78, 5) is 59.3. The predicted octanol–water partition coefficient (Wildman–Crippen LogP) is 5.24. The molecule has 1 aromatic rings. The van der Waals surface area contributed by atoms with Gasteiger partial charge in [0.1, 0.15) is 34.6 Å². The summed E-state index contributed by atoms with van der Waals surface area (Å²) in [5.41, 5.74) is 0.283. The van der Waals surface area contributed by atoms with Gasteiger partial charge in [-0.15, -0.1) is 0 Å². The van der Waals surface area contributed by atoms with Crippen LogP contribution in [0.15, 0.2) is 16.2 Å². The zero-order valence-corrected chi connectivity index (χ0v) is 30.3. The van der Waals surface area contributed by atoms with E-state index in [1.807, 2.05) is 0 Å². The van der Waals surface area contributed by atoms with Crippen molar-refractivity contribution in [1.29, 1.82) is 0 Å². The Morgan fingerprint density at radius 3 is 1.96 bits per heavy atom. The fraction of sp³-hybridized carbons (Fsp3) is 0.710. The number of aliphatic imine (C=N–C) groups is 2. The summed E-state index contributed by atoms with van der Waals surface area (Å²) in [6.07, 6.45) is 0.270. The lowest BCUT2D eigenvalue weighted by Crippen LogP contribution is -2.47. The number of carbonyl (C=O) groups excluding carboxylic acids is 4. The van der Waals surface area contributed by atoms with Crippen molar-refractivity contribution in [3.05, 3.63) is 11.8 Å². The zero-order chi connectivity index (χ0) is 36.5. The fourth-order valence-corrected chi connectivity index (χ4v) is 3.96. The van der Waals surface area contributed by atoms with E-state index in [1.54, 1.807) is 94.0 Å². The smallest absolute Gasteiger partial charge is 0.435 e. The molecule has 17 heteroatoms. The first-order valence-corrected chi connectivity index (χ1v) is 15.8. The molecule has 17 nitrogen and oxygen atoms in total. The molecule has 0 fully saturated rings.